The summed E-state index contributed by atoms with van der Waals surface area (Å²) in [6, 6.07) is 21.4. The number of unbranched alkanes of at least 4 members (excludes halogenated alkanes) is 6. The van der Waals surface area contributed by atoms with E-state index in [4.69, 9.17) is 0 Å². The summed E-state index contributed by atoms with van der Waals surface area (Å²) < 4.78 is 0. The van der Waals surface area contributed by atoms with Crippen LogP contribution >= 0.6 is 0 Å². The Balaban J connectivity index is 1.56. The Labute approximate surface area is 221 Å². The molecule has 36 heavy (non-hydrogen) atoms. The third-order valence-electron chi connectivity index (χ3n) is 7.03. The van der Waals surface area contributed by atoms with Crippen molar-refractivity contribution < 1.29 is 10.2 Å². The lowest BCUT2D eigenvalue weighted by molar-refractivity contribution is 0.0600. The molecule has 2 atom stereocenters. The minimum absolute atomic E-state index is 0.307. The van der Waals surface area contributed by atoms with E-state index >= 15 is 0 Å². The van der Waals surface area contributed by atoms with Crippen LogP contribution in [0.1, 0.15) is 81.8 Å². The number of aryl methyl sites for hydroxylation is 2. The maximum atomic E-state index is 10.7. The van der Waals surface area contributed by atoms with E-state index in [1.807, 2.05) is 7.05 Å². The molecule has 0 heterocycles. The van der Waals surface area contributed by atoms with Crippen molar-refractivity contribution in [1.82, 2.24) is 10.2 Å². The van der Waals surface area contributed by atoms with Crippen LogP contribution in [0.25, 0.3) is 0 Å². The Hall–Kier alpha value is -1.72. The van der Waals surface area contributed by atoms with Crippen LogP contribution in [-0.2, 0) is 12.8 Å². The monoisotopic (exact) mass is 496 g/mol. The van der Waals surface area contributed by atoms with Crippen molar-refractivity contribution >= 4 is 0 Å². The molecule has 0 aliphatic carbocycles. The summed E-state index contributed by atoms with van der Waals surface area (Å²) in [7, 11) is 1.98. The molecule has 0 fully saturated rings. The fourth-order valence-electron chi connectivity index (χ4n) is 4.93. The van der Waals surface area contributed by atoms with Gasteiger partial charge in [-0.2, -0.15) is 0 Å². The Kier molecular flexibility index (Phi) is 17.2. The normalized spacial score (nSPS) is 13.2. The minimum Gasteiger partial charge on any atom is -0.392 e. The van der Waals surface area contributed by atoms with E-state index in [1.165, 1.54) is 49.7 Å². The van der Waals surface area contributed by atoms with Crippen molar-refractivity contribution in [3.63, 3.8) is 0 Å². The highest BCUT2D eigenvalue weighted by molar-refractivity contribution is 5.15. The fourth-order valence-corrected chi connectivity index (χ4v) is 4.93. The molecular formula is C32H52N2O2. The van der Waals surface area contributed by atoms with E-state index in [2.05, 4.69) is 70.9 Å². The number of aliphatic hydroxyl groups excluding tert-OH is 2. The van der Waals surface area contributed by atoms with Gasteiger partial charge in [-0.3, -0.25) is 4.90 Å². The second-order valence-corrected chi connectivity index (χ2v) is 10.4. The first-order valence-electron chi connectivity index (χ1n) is 14.5. The molecule has 202 valence electrons. The maximum Gasteiger partial charge on any atom is 0.0667 e. The van der Waals surface area contributed by atoms with Crippen molar-refractivity contribution in [3.8, 4) is 0 Å². The fraction of sp³-hybridized carbons (Fsp3) is 0.625. The van der Waals surface area contributed by atoms with E-state index in [0.29, 0.717) is 13.1 Å². The van der Waals surface area contributed by atoms with Gasteiger partial charge in [0.25, 0.3) is 0 Å². The van der Waals surface area contributed by atoms with Crippen LogP contribution in [0.4, 0.5) is 0 Å². The zero-order valence-electron chi connectivity index (χ0n) is 22.8. The molecule has 0 saturated carbocycles. The van der Waals surface area contributed by atoms with Gasteiger partial charge in [0.2, 0.25) is 0 Å². The molecule has 0 bridgehead atoms. The van der Waals surface area contributed by atoms with E-state index in [1.54, 1.807) is 0 Å². The van der Waals surface area contributed by atoms with Crippen molar-refractivity contribution in [2.24, 2.45) is 0 Å². The third kappa shape index (κ3) is 15.4. The van der Waals surface area contributed by atoms with Gasteiger partial charge >= 0.3 is 0 Å². The third-order valence-corrected chi connectivity index (χ3v) is 7.03. The average molecular weight is 497 g/mol. The first kappa shape index (κ1) is 30.5. The summed E-state index contributed by atoms with van der Waals surface area (Å²) in [4.78, 5) is 2.28. The lowest BCUT2D eigenvalue weighted by atomic mass is 10.0. The van der Waals surface area contributed by atoms with Crippen molar-refractivity contribution in [2.45, 2.75) is 95.7 Å². The molecule has 4 heteroatoms. The first-order valence-corrected chi connectivity index (χ1v) is 14.5. The van der Waals surface area contributed by atoms with Crippen molar-refractivity contribution in [3.05, 3.63) is 71.8 Å². The average Bonchev–Trinajstić information content (AvgIpc) is 2.89. The van der Waals surface area contributed by atoms with Crippen LogP contribution in [0, 0.1) is 0 Å². The zero-order chi connectivity index (χ0) is 25.7. The highest BCUT2D eigenvalue weighted by Crippen LogP contribution is 2.13. The van der Waals surface area contributed by atoms with E-state index < -0.39 is 0 Å². The molecule has 2 aromatic rings. The smallest absolute Gasteiger partial charge is 0.0667 e. The zero-order valence-corrected chi connectivity index (χ0v) is 22.8. The van der Waals surface area contributed by atoms with Gasteiger partial charge < -0.3 is 15.5 Å². The minimum atomic E-state index is -0.307. The predicted molar refractivity (Wildman–Crippen MR) is 153 cm³/mol. The van der Waals surface area contributed by atoms with E-state index in [9.17, 15) is 10.2 Å². The van der Waals surface area contributed by atoms with Gasteiger partial charge in [-0.25, -0.2) is 0 Å². The SMILES string of the molecule is CNCCCN(CC(O)CCCCCCc1ccccc1)CC(O)CCCCCCc1ccccc1. The van der Waals surface area contributed by atoms with E-state index in [0.717, 1.165) is 58.0 Å². The highest BCUT2D eigenvalue weighted by atomic mass is 16.3. The van der Waals surface area contributed by atoms with Crippen LogP contribution in [0.2, 0.25) is 0 Å². The highest BCUT2D eigenvalue weighted by Gasteiger charge is 2.15. The second kappa shape index (κ2) is 20.4. The van der Waals surface area contributed by atoms with Crippen molar-refractivity contribution in [2.75, 3.05) is 33.2 Å². The van der Waals surface area contributed by atoms with Gasteiger partial charge in [0.15, 0.2) is 0 Å². The standard InChI is InChI=1S/C32H52N2O2/c1-33-25-16-26-34(27-31(35)23-14-4-2-8-17-29-19-10-6-11-20-29)28-32(36)24-15-5-3-9-18-30-21-12-7-13-22-30/h6-7,10-13,19-22,31-33,35-36H,2-5,8-9,14-18,23-28H2,1H3. The lowest BCUT2D eigenvalue weighted by Crippen LogP contribution is -2.39. The molecule has 0 amide bonds. The van der Waals surface area contributed by atoms with Crippen LogP contribution < -0.4 is 5.32 Å². The van der Waals surface area contributed by atoms with Gasteiger partial charge in [-0.1, -0.05) is 99.2 Å². The number of benzene rings is 2. The van der Waals surface area contributed by atoms with Crippen LogP contribution in [0.15, 0.2) is 60.7 Å². The van der Waals surface area contributed by atoms with Gasteiger partial charge in [0, 0.05) is 13.1 Å². The summed E-state index contributed by atoms with van der Waals surface area (Å²) in [5.41, 5.74) is 2.83. The summed E-state index contributed by atoms with van der Waals surface area (Å²) in [5, 5.41) is 24.5. The predicted octanol–water partition coefficient (Wildman–Crippen LogP) is 6.01. The topological polar surface area (TPSA) is 55.7 Å². The molecule has 2 aromatic carbocycles. The molecule has 0 aliphatic heterocycles. The summed E-state index contributed by atoms with van der Waals surface area (Å²) in [5.74, 6) is 0. The molecule has 0 aromatic heterocycles. The molecule has 4 nitrogen and oxygen atoms in total. The number of hydrogen-bond donors (Lipinski definition) is 3. The molecular weight excluding hydrogens is 444 g/mol. The van der Waals surface area contributed by atoms with Crippen LogP contribution in [0.5, 0.6) is 0 Å². The van der Waals surface area contributed by atoms with Gasteiger partial charge in [0.1, 0.15) is 0 Å². The van der Waals surface area contributed by atoms with Gasteiger partial charge in [-0.05, 0) is 76.2 Å². The molecule has 0 aliphatic rings. The van der Waals surface area contributed by atoms with E-state index in [-0.39, 0.29) is 12.2 Å². The summed E-state index contributed by atoms with van der Waals surface area (Å²) >= 11 is 0. The van der Waals surface area contributed by atoms with Gasteiger partial charge in [0.05, 0.1) is 12.2 Å². The molecule has 2 rings (SSSR count). The Morgan fingerprint density at radius 1 is 0.611 bits per heavy atom. The summed E-state index contributed by atoms with van der Waals surface area (Å²) in [6.07, 6.45) is 13.8. The molecule has 0 saturated heterocycles. The second-order valence-electron chi connectivity index (χ2n) is 10.4. The number of hydrogen-bond acceptors (Lipinski definition) is 4. The quantitative estimate of drug-likeness (QED) is 0.175. The summed E-state index contributed by atoms with van der Waals surface area (Å²) in [6.45, 7) is 3.22. The first-order chi connectivity index (χ1) is 17.7. The van der Waals surface area contributed by atoms with Crippen LogP contribution in [0.3, 0.4) is 0 Å². The maximum absolute atomic E-state index is 10.7. The number of nitrogens with one attached hydrogen (secondary N) is 1. The van der Waals surface area contributed by atoms with Crippen LogP contribution in [-0.4, -0.2) is 60.5 Å². The largest absolute Gasteiger partial charge is 0.392 e. The van der Waals surface area contributed by atoms with Gasteiger partial charge in [-0.15, -0.1) is 0 Å². The number of aliphatic hydroxyl groups is 2. The Morgan fingerprint density at radius 2 is 1.06 bits per heavy atom. The number of nitrogens with zero attached hydrogens (tertiary/aromatic N) is 1. The molecule has 0 radical (unpaired) electrons. The Morgan fingerprint density at radius 3 is 1.50 bits per heavy atom. The lowest BCUT2D eigenvalue weighted by Gasteiger charge is -2.27. The number of rotatable bonds is 22. The van der Waals surface area contributed by atoms with Crippen molar-refractivity contribution in [1.29, 1.82) is 0 Å². The molecule has 2 unspecified atom stereocenters. The Bertz CT molecular complexity index is 681. The molecule has 0 spiro atoms. The molecule has 3 N–H and O–H groups in total.